The van der Waals surface area contributed by atoms with E-state index in [1.165, 1.54) is 6.26 Å². The zero-order chi connectivity index (χ0) is 12.7. The summed E-state index contributed by atoms with van der Waals surface area (Å²) in [6, 6.07) is 0. The van der Waals surface area contributed by atoms with Crippen LogP contribution in [0.1, 0.15) is 48.4 Å². The third-order valence-electron chi connectivity index (χ3n) is 2.24. The monoisotopic (exact) mass is 256 g/mol. The van der Waals surface area contributed by atoms with Crippen molar-refractivity contribution < 1.29 is 13.9 Å². The molecule has 1 rings (SSSR count). The number of esters is 1. The molecule has 0 aliphatic carbocycles. The molecule has 1 aromatic rings. The first-order valence-corrected chi connectivity index (χ1v) is 6.28. The third-order valence-corrected chi connectivity index (χ3v) is 2.53. The maximum atomic E-state index is 11.8. The maximum absolute atomic E-state index is 11.8. The molecule has 0 aliphatic rings. The third kappa shape index (κ3) is 3.63. The van der Waals surface area contributed by atoms with E-state index in [1.807, 2.05) is 6.08 Å². The second-order valence-corrected chi connectivity index (χ2v) is 3.81. The van der Waals surface area contributed by atoms with Gasteiger partial charge in [0, 0.05) is 5.56 Å². The highest BCUT2D eigenvalue weighted by Crippen LogP contribution is 2.22. The van der Waals surface area contributed by atoms with Crippen molar-refractivity contribution in [1.29, 1.82) is 0 Å². The molecule has 3 nitrogen and oxygen atoms in total. The summed E-state index contributed by atoms with van der Waals surface area (Å²) in [7, 11) is 0. The molecule has 0 spiro atoms. The average Bonchev–Trinajstić information content (AvgIpc) is 2.73. The summed E-state index contributed by atoms with van der Waals surface area (Å²) in [6.07, 6.45) is 7.27. The van der Waals surface area contributed by atoms with Gasteiger partial charge in [-0.1, -0.05) is 19.4 Å². The maximum Gasteiger partial charge on any atom is 0.342 e. The van der Waals surface area contributed by atoms with Crippen LogP contribution in [0.5, 0.6) is 0 Å². The predicted molar refractivity (Wildman–Crippen MR) is 68.2 cm³/mol. The Morgan fingerprint density at radius 3 is 2.88 bits per heavy atom. The SMILES string of the molecule is CCC/C=C/c1occ(CCl)c1C(=O)OCC. The molecule has 0 fully saturated rings. The van der Waals surface area contributed by atoms with E-state index in [1.54, 1.807) is 13.0 Å². The molecule has 0 aliphatic heterocycles. The van der Waals surface area contributed by atoms with Gasteiger partial charge in [0.1, 0.15) is 11.3 Å². The van der Waals surface area contributed by atoms with E-state index in [0.29, 0.717) is 23.5 Å². The Morgan fingerprint density at radius 1 is 1.53 bits per heavy atom. The molecule has 1 aromatic heterocycles. The highest BCUT2D eigenvalue weighted by molar-refractivity contribution is 6.17. The van der Waals surface area contributed by atoms with E-state index in [4.69, 9.17) is 20.8 Å². The molecule has 0 radical (unpaired) electrons. The average molecular weight is 257 g/mol. The van der Waals surface area contributed by atoms with Gasteiger partial charge in [0.15, 0.2) is 0 Å². The quantitative estimate of drug-likeness (QED) is 0.570. The molecule has 0 atom stereocenters. The van der Waals surface area contributed by atoms with Crippen molar-refractivity contribution in [3.63, 3.8) is 0 Å². The molecule has 0 unspecified atom stereocenters. The highest BCUT2D eigenvalue weighted by Gasteiger charge is 2.19. The minimum Gasteiger partial charge on any atom is -0.464 e. The van der Waals surface area contributed by atoms with Gasteiger partial charge in [0.25, 0.3) is 0 Å². The van der Waals surface area contributed by atoms with Crippen molar-refractivity contribution in [2.24, 2.45) is 0 Å². The van der Waals surface area contributed by atoms with Gasteiger partial charge in [0.05, 0.1) is 18.8 Å². The van der Waals surface area contributed by atoms with E-state index >= 15 is 0 Å². The lowest BCUT2D eigenvalue weighted by Crippen LogP contribution is -2.07. The molecule has 0 saturated carbocycles. The zero-order valence-corrected chi connectivity index (χ0v) is 10.9. The lowest BCUT2D eigenvalue weighted by Gasteiger charge is -2.01. The number of unbranched alkanes of at least 4 members (excludes halogenated alkanes) is 1. The number of furan rings is 1. The van der Waals surface area contributed by atoms with E-state index in [0.717, 1.165) is 12.8 Å². The lowest BCUT2D eigenvalue weighted by atomic mass is 10.1. The summed E-state index contributed by atoms with van der Waals surface area (Å²) < 4.78 is 10.3. The van der Waals surface area contributed by atoms with Gasteiger partial charge >= 0.3 is 5.97 Å². The Kier molecular flexibility index (Phi) is 5.84. The van der Waals surface area contributed by atoms with Gasteiger partial charge in [-0.05, 0) is 19.4 Å². The van der Waals surface area contributed by atoms with Gasteiger partial charge in [-0.3, -0.25) is 0 Å². The van der Waals surface area contributed by atoms with Crippen molar-refractivity contribution in [2.45, 2.75) is 32.6 Å². The number of hydrogen-bond acceptors (Lipinski definition) is 3. The fourth-order valence-corrected chi connectivity index (χ4v) is 1.62. The molecule has 0 N–H and O–H groups in total. The molecular weight excluding hydrogens is 240 g/mol. The molecule has 0 amide bonds. The number of carbonyl (C=O) groups is 1. The number of hydrogen-bond donors (Lipinski definition) is 0. The Hall–Kier alpha value is -1.22. The number of ether oxygens (including phenoxy) is 1. The molecular formula is C13H17ClO3. The van der Waals surface area contributed by atoms with Crippen molar-refractivity contribution >= 4 is 23.6 Å². The van der Waals surface area contributed by atoms with Crippen molar-refractivity contribution in [3.8, 4) is 0 Å². The van der Waals surface area contributed by atoms with Crippen LogP contribution in [-0.2, 0) is 10.6 Å². The zero-order valence-electron chi connectivity index (χ0n) is 10.2. The molecule has 4 heteroatoms. The minimum absolute atomic E-state index is 0.235. The number of allylic oxidation sites excluding steroid dienone is 1. The second kappa shape index (κ2) is 7.17. The Labute approximate surface area is 106 Å². The number of alkyl halides is 1. The van der Waals surface area contributed by atoms with Crippen LogP contribution in [0.25, 0.3) is 6.08 Å². The smallest absolute Gasteiger partial charge is 0.342 e. The van der Waals surface area contributed by atoms with Crippen LogP contribution in [0.2, 0.25) is 0 Å². The van der Waals surface area contributed by atoms with Crippen LogP contribution in [0.4, 0.5) is 0 Å². The standard InChI is InChI=1S/C13H17ClO3/c1-3-5-6-7-11-12(13(15)16-4-2)10(8-14)9-17-11/h6-7,9H,3-5,8H2,1-2H3/b7-6+. The number of rotatable bonds is 6. The van der Waals surface area contributed by atoms with Crippen LogP contribution in [0.3, 0.4) is 0 Å². The lowest BCUT2D eigenvalue weighted by molar-refractivity contribution is 0.0524. The van der Waals surface area contributed by atoms with Gasteiger partial charge in [-0.25, -0.2) is 4.79 Å². The first kappa shape index (κ1) is 13.8. The van der Waals surface area contributed by atoms with E-state index < -0.39 is 0 Å². The van der Waals surface area contributed by atoms with Gasteiger partial charge in [-0.15, -0.1) is 11.6 Å². The summed E-state index contributed by atoms with van der Waals surface area (Å²) in [5.74, 6) is 0.375. The summed E-state index contributed by atoms with van der Waals surface area (Å²) in [4.78, 5) is 11.8. The molecule has 0 saturated heterocycles. The van der Waals surface area contributed by atoms with Crippen LogP contribution >= 0.6 is 11.6 Å². The van der Waals surface area contributed by atoms with Gasteiger partial charge in [0.2, 0.25) is 0 Å². The first-order valence-electron chi connectivity index (χ1n) is 5.74. The Balaban J connectivity index is 2.97. The summed E-state index contributed by atoms with van der Waals surface area (Å²) in [6.45, 7) is 4.19. The highest BCUT2D eigenvalue weighted by atomic mass is 35.5. The van der Waals surface area contributed by atoms with E-state index in [9.17, 15) is 4.79 Å². The summed E-state index contributed by atoms with van der Waals surface area (Å²) >= 11 is 5.76. The van der Waals surface area contributed by atoms with Crippen LogP contribution in [0, 0.1) is 0 Å². The number of carbonyl (C=O) groups excluding carboxylic acids is 1. The van der Waals surface area contributed by atoms with Gasteiger partial charge in [-0.2, -0.15) is 0 Å². The van der Waals surface area contributed by atoms with Crippen LogP contribution < -0.4 is 0 Å². The Bertz CT molecular complexity index is 393. The van der Waals surface area contributed by atoms with Gasteiger partial charge < -0.3 is 9.15 Å². The second-order valence-electron chi connectivity index (χ2n) is 3.55. The molecule has 0 aromatic carbocycles. The van der Waals surface area contributed by atoms with Crippen molar-refractivity contribution in [3.05, 3.63) is 29.2 Å². The topological polar surface area (TPSA) is 39.4 Å². The predicted octanol–water partition coefficient (Wildman–Crippen LogP) is 4.01. The van der Waals surface area contributed by atoms with Crippen molar-refractivity contribution in [1.82, 2.24) is 0 Å². The normalized spacial score (nSPS) is 11.0. The largest absolute Gasteiger partial charge is 0.464 e. The van der Waals surface area contributed by atoms with E-state index in [2.05, 4.69) is 6.92 Å². The Morgan fingerprint density at radius 2 is 2.29 bits per heavy atom. The first-order chi connectivity index (χ1) is 8.24. The van der Waals surface area contributed by atoms with Crippen LogP contribution in [0.15, 0.2) is 16.8 Å². The van der Waals surface area contributed by atoms with E-state index in [-0.39, 0.29) is 11.8 Å². The molecule has 1 heterocycles. The minimum atomic E-state index is -0.381. The summed E-state index contributed by atoms with van der Waals surface area (Å²) in [5, 5.41) is 0. The fraction of sp³-hybridized carbons (Fsp3) is 0.462. The fourth-order valence-electron chi connectivity index (χ4n) is 1.42. The molecule has 0 bridgehead atoms. The summed E-state index contributed by atoms with van der Waals surface area (Å²) in [5.41, 5.74) is 1.11. The number of halogens is 1. The molecule has 17 heavy (non-hydrogen) atoms. The van der Waals surface area contributed by atoms with Crippen LogP contribution in [-0.4, -0.2) is 12.6 Å². The molecule has 94 valence electrons. The van der Waals surface area contributed by atoms with Crippen molar-refractivity contribution in [2.75, 3.05) is 6.61 Å².